The van der Waals surface area contributed by atoms with Crippen molar-refractivity contribution < 1.29 is 9.21 Å². The number of Topliss-reactive ketones (excluding diaryl/α,β-unsaturated/α-hetero) is 1. The Morgan fingerprint density at radius 1 is 1.33 bits per heavy atom. The van der Waals surface area contributed by atoms with Crippen LogP contribution in [0, 0.1) is 0 Å². The molecule has 3 nitrogen and oxygen atoms in total. The summed E-state index contributed by atoms with van der Waals surface area (Å²) in [6.07, 6.45) is 0. The molecule has 0 amide bonds. The van der Waals surface area contributed by atoms with Crippen LogP contribution < -0.4 is 4.90 Å². The van der Waals surface area contributed by atoms with Gasteiger partial charge in [0.1, 0.15) is 0 Å². The Kier molecular flexibility index (Phi) is 3.72. The van der Waals surface area contributed by atoms with Crippen LogP contribution in [0.1, 0.15) is 23.0 Å². The molecule has 18 heavy (non-hydrogen) atoms. The molecule has 0 aliphatic rings. The molecular formula is C14H14ClNO2. The van der Waals surface area contributed by atoms with Crippen molar-refractivity contribution in [1.29, 1.82) is 0 Å². The maximum atomic E-state index is 11.2. The summed E-state index contributed by atoms with van der Waals surface area (Å²) in [5, 5.41) is 0.713. The molecule has 0 saturated heterocycles. The lowest BCUT2D eigenvalue weighted by molar-refractivity contribution is 0.0988. The summed E-state index contributed by atoms with van der Waals surface area (Å²) in [6, 6.07) is 11.1. The van der Waals surface area contributed by atoms with Crippen molar-refractivity contribution in [3.05, 3.63) is 52.7 Å². The Bertz CT molecular complexity index is 562. The number of furan rings is 1. The Balaban J connectivity index is 2.11. The van der Waals surface area contributed by atoms with Crippen LogP contribution >= 0.6 is 11.6 Å². The second kappa shape index (κ2) is 5.27. The molecule has 1 aromatic heterocycles. The van der Waals surface area contributed by atoms with Crippen LogP contribution in [0.3, 0.4) is 0 Å². The molecular weight excluding hydrogens is 250 g/mol. The van der Waals surface area contributed by atoms with Crippen molar-refractivity contribution in [1.82, 2.24) is 0 Å². The number of anilines is 1. The minimum Gasteiger partial charge on any atom is -0.437 e. The largest absolute Gasteiger partial charge is 0.437 e. The molecule has 0 unspecified atom stereocenters. The van der Waals surface area contributed by atoms with Gasteiger partial charge in [-0.3, -0.25) is 4.79 Å². The third-order valence-electron chi connectivity index (χ3n) is 2.62. The summed E-state index contributed by atoms with van der Waals surface area (Å²) in [6.45, 7) is 2.16. The fraction of sp³-hybridized carbons (Fsp3) is 0.214. The molecule has 0 atom stereocenters. The molecule has 0 radical (unpaired) electrons. The molecule has 4 heteroatoms. The highest BCUT2D eigenvalue weighted by Gasteiger charge is 2.10. The Morgan fingerprint density at radius 2 is 2.11 bits per heavy atom. The monoisotopic (exact) mass is 263 g/mol. The average Bonchev–Trinajstić information content (AvgIpc) is 2.78. The van der Waals surface area contributed by atoms with Crippen LogP contribution in [0.2, 0.25) is 5.02 Å². The van der Waals surface area contributed by atoms with Crippen molar-refractivity contribution >= 4 is 23.3 Å². The van der Waals surface area contributed by atoms with Gasteiger partial charge in [-0.2, -0.15) is 0 Å². The third kappa shape index (κ3) is 2.93. The number of hydrogen-bond acceptors (Lipinski definition) is 3. The van der Waals surface area contributed by atoms with Crippen molar-refractivity contribution in [2.45, 2.75) is 13.5 Å². The number of benzene rings is 1. The molecule has 2 aromatic rings. The van der Waals surface area contributed by atoms with E-state index in [9.17, 15) is 4.79 Å². The maximum absolute atomic E-state index is 11.2. The molecule has 2 rings (SSSR count). The number of hydrogen-bond donors (Lipinski definition) is 0. The van der Waals surface area contributed by atoms with E-state index in [-0.39, 0.29) is 5.78 Å². The topological polar surface area (TPSA) is 33.5 Å². The fourth-order valence-electron chi connectivity index (χ4n) is 1.71. The molecule has 1 aromatic carbocycles. The summed E-state index contributed by atoms with van der Waals surface area (Å²) < 4.78 is 5.45. The molecule has 0 aliphatic carbocycles. The van der Waals surface area contributed by atoms with E-state index in [1.165, 1.54) is 6.92 Å². The molecule has 0 aliphatic heterocycles. The van der Waals surface area contributed by atoms with E-state index in [0.29, 0.717) is 23.2 Å². The summed E-state index contributed by atoms with van der Waals surface area (Å²) in [5.74, 6) is 0.973. The second-order valence-electron chi connectivity index (χ2n) is 4.18. The summed E-state index contributed by atoms with van der Waals surface area (Å²) in [7, 11) is 1.91. The van der Waals surface area contributed by atoms with Gasteiger partial charge in [-0.15, -0.1) is 0 Å². The zero-order chi connectivity index (χ0) is 13.1. The second-order valence-corrected chi connectivity index (χ2v) is 4.62. The zero-order valence-corrected chi connectivity index (χ0v) is 11.1. The number of nitrogens with zero attached hydrogens (tertiary/aromatic N) is 1. The van der Waals surface area contributed by atoms with Crippen molar-refractivity contribution in [3.63, 3.8) is 0 Å². The molecule has 0 saturated carbocycles. The number of halogens is 1. The molecule has 0 fully saturated rings. The lowest BCUT2D eigenvalue weighted by atomic mass is 10.2. The Morgan fingerprint density at radius 3 is 2.72 bits per heavy atom. The molecule has 0 N–H and O–H groups in total. The van der Waals surface area contributed by atoms with Gasteiger partial charge in [0.05, 0.1) is 0 Å². The molecule has 0 bridgehead atoms. The van der Waals surface area contributed by atoms with E-state index in [1.54, 1.807) is 12.1 Å². The predicted molar refractivity (Wildman–Crippen MR) is 72.3 cm³/mol. The van der Waals surface area contributed by atoms with Gasteiger partial charge < -0.3 is 9.32 Å². The Hall–Kier alpha value is -1.74. The van der Waals surface area contributed by atoms with E-state index in [1.807, 2.05) is 36.2 Å². The van der Waals surface area contributed by atoms with Crippen LogP contribution in [0.4, 0.5) is 5.88 Å². The first-order valence-electron chi connectivity index (χ1n) is 5.62. The highest BCUT2D eigenvalue weighted by Crippen LogP contribution is 2.20. The van der Waals surface area contributed by atoms with E-state index >= 15 is 0 Å². The first-order chi connectivity index (χ1) is 8.56. The van der Waals surface area contributed by atoms with Gasteiger partial charge in [-0.25, -0.2) is 0 Å². The lowest BCUT2D eigenvalue weighted by Gasteiger charge is -2.16. The SMILES string of the molecule is CC(=O)c1ccc(N(C)Cc2cccc(Cl)c2)o1. The van der Waals surface area contributed by atoms with Gasteiger partial charge in [0.25, 0.3) is 0 Å². The first-order valence-corrected chi connectivity index (χ1v) is 6.00. The summed E-state index contributed by atoms with van der Waals surface area (Å²) in [4.78, 5) is 13.1. The standard InChI is InChI=1S/C14H14ClNO2/c1-10(17)13-6-7-14(18-13)16(2)9-11-4-3-5-12(15)8-11/h3-8H,9H2,1-2H3. The number of rotatable bonds is 4. The summed E-state index contributed by atoms with van der Waals surface area (Å²) in [5.41, 5.74) is 1.09. The van der Waals surface area contributed by atoms with Crippen LogP contribution in [-0.4, -0.2) is 12.8 Å². The normalized spacial score (nSPS) is 10.4. The highest BCUT2D eigenvalue weighted by atomic mass is 35.5. The maximum Gasteiger partial charge on any atom is 0.196 e. The third-order valence-corrected chi connectivity index (χ3v) is 2.86. The lowest BCUT2D eigenvalue weighted by Crippen LogP contribution is -2.15. The number of carbonyl (C=O) groups excluding carboxylic acids is 1. The van der Waals surface area contributed by atoms with Crippen LogP contribution in [0.5, 0.6) is 0 Å². The first kappa shape index (κ1) is 12.7. The van der Waals surface area contributed by atoms with Crippen LogP contribution in [0.25, 0.3) is 0 Å². The van der Waals surface area contributed by atoms with Gasteiger partial charge in [-0.05, 0) is 23.8 Å². The highest BCUT2D eigenvalue weighted by molar-refractivity contribution is 6.30. The van der Waals surface area contributed by atoms with Crippen molar-refractivity contribution in [2.75, 3.05) is 11.9 Å². The zero-order valence-electron chi connectivity index (χ0n) is 10.3. The van der Waals surface area contributed by atoms with Gasteiger partial charge in [-0.1, -0.05) is 23.7 Å². The van der Waals surface area contributed by atoms with E-state index in [0.717, 1.165) is 5.56 Å². The number of carbonyl (C=O) groups is 1. The van der Waals surface area contributed by atoms with Crippen LogP contribution in [-0.2, 0) is 6.54 Å². The van der Waals surface area contributed by atoms with E-state index in [2.05, 4.69) is 0 Å². The fourth-order valence-corrected chi connectivity index (χ4v) is 1.92. The van der Waals surface area contributed by atoms with Crippen molar-refractivity contribution in [2.24, 2.45) is 0 Å². The van der Waals surface area contributed by atoms with Gasteiger partial charge >= 0.3 is 0 Å². The van der Waals surface area contributed by atoms with E-state index < -0.39 is 0 Å². The molecule has 1 heterocycles. The molecule has 0 spiro atoms. The molecule has 94 valence electrons. The van der Waals surface area contributed by atoms with Gasteiger partial charge in [0.2, 0.25) is 0 Å². The van der Waals surface area contributed by atoms with E-state index in [4.69, 9.17) is 16.0 Å². The van der Waals surface area contributed by atoms with Gasteiger partial charge in [0, 0.05) is 31.6 Å². The Labute approximate surface area is 111 Å². The minimum absolute atomic E-state index is 0.0718. The minimum atomic E-state index is -0.0718. The summed E-state index contributed by atoms with van der Waals surface area (Å²) >= 11 is 5.93. The quantitative estimate of drug-likeness (QED) is 0.788. The van der Waals surface area contributed by atoms with Gasteiger partial charge in [0.15, 0.2) is 17.4 Å². The van der Waals surface area contributed by atoms with Crippen molar-refractivity contribution in [3.8, 4) is 0 Å². The van der Waals surface area contributed by atoms with Crippen LogP contribution in [0.15, 0.2) is 40.8 Å². The predicted octanol–water partition coefficient (Wildman–Crippen LogP) is 3.77. The smallest absolute Gasteiger partial charge is 0.196 e. The average molecular weight is 264 g/mol. The number of ketones is 1.